The van der Waals surface area contributed by atoms with E-state index in [1.807, 2.05) is 31.1 Å². The molecule has 1 aliphatic rings. The minimum Gasteiger partial charge on any atom is -0.306 e. The second kappa shape index (κ2) is 10.3. The van der Waals surface area contributed by atoms with Crippen molar-refractivity contribution >= 4 is 46.1 Å². The molecule has 0 bridgehead atoms. The molecule has 0 atom stereocenters. The van der Waals surface area contributed by atoms with Crippen LogP contribution in [0, 0.1) is 0 Å². The summed E-state index contributed by atoms with van der Waals surface area (Å²) in [6.07, 6.45) is 15.1. The number of likely N-dealkylation sites (N-methyl/N-ethyl adjacent to an activating group) is 1. The van der Waals surface area contributed by atoms with E-state index in [-0.39, 0.29) is 17.8 Å². The van der Waals surface area contributed by atoms with Crippen molar-refractivity contribution in [2.75, 3.05) is 26.0 Å². The molecule has 0 radical (unpaired) electrons. The molecule has 0 unspecified atom stereocenters. The van der Waals surface area contributed by atoms with Crippen molar-refractivity contribution in [3.8, 4) is 0 Å². The van der Waals surface area contributed by atoms with E-state index in [0.29, 0.717) is 33.9 Å². The zero-order valence-corrected chi connectivity index (χ0v) is 19.5. The normalized spacial score (nSPS) is 13.5. The number of para-hydroxylation sites is 1. The van der Waals surface area contributed by atoms with Crippen molar-refractivity contribution in [1.29, 1.82) is 0 Å². The minimum absolute atomic E-state index is 0.211. The van der Waals surface area contributed by atoms with E-state index >= 15 is 0 Å². The van der Waals surface area contributed by atoms with Crippen LogP contribution in [0.3, 0.4) is 0 Å². The van der Waals surface area contributed by atoms with E-state index in [1.165, 1.54) is 11.0 Å². The number of imidazole rings is 1. The smallest absolute Gasteiger partial charge is 0.258 e. The lowest BCUT2D eigenvalue weighted by Gasteiger charge is -2.15. The minimum atomic E-state index is -0.342. The van der Waals surface area contributed by atoms with Gasteiger partial charge in [-0.25, -0.2) is 4.98 Å². The Morgan fingerprint density at radius 3 is 2.71 bits per heavy atom. The van der Waals surface area contributed by atoms with Gasteiger partial charge in [0.2, 0.25) is 5.95 Å². The van der Waals surface area contributed by atoms with Gasteiger partial charge in [0.25, 0.3) is 11.8 Å². The van der Waals surface area contributed by atoms with Gasteiger partial charge in [0.1, 0.15) is 0 Å². The molecule has 0 saturated heterocycles. The van der Waals surface area contributed by atoms with E-state index in [1.54, 1.807) is 71.9 Å². The third-order valence-electron chi connectivity index (χ3n) is 4.93. The second-order valence-electron chi connectivity index (χ2n) is 7.73. The van der Waals surface area contributed by atoms with Crippen molar-refractivity contribution in [3.63, 3.8) is 0 Å². The van der Waals surface area contributed by atoms with Crippen molar-refractivity contribution < 1.29 is 9.59 Å². The first-order valence-corrected chi connectivity index (χ1v) is 10.9. The number of fused-ring (bicyclic) bond motifs is 1. The highest BCUT2D eigenvalue weighted by Crippen LogP contribution is 2.31. The first-order valence-electron chi connectivity index (χ1n) is 10.5. The summed E-state index contributed by atoms with van der Waals surface area (Å²) in [5, 5.41) is 3.32. The van der Waals surface area contributed by atoms with Crippen LogP contribution < -0.4 is 5.32 Å². The lowest BCUT2D eigenvalue weighted by Crippen LogP contribution is -2.20. The van der Waals surface area contributed by atoms with Crippen LogP contribution >= 0.6 is 11.6 Å². The molecule has 0 spiro atoms. The third kappa shape index (κ3) is 5.14. The van der Waals surface area contributed by atoms with Crippen LogP contribution in [0.5, 0.6) is 0 Å². The largest absolute Gasteiger partial charge is 0.306 e. The molecule has 3 heterocycles. The average Bonchev–Trinajstić information content (AvgIpc) is 3.01. The Bertz CT molecular complexity index is 1340. The van der Waals surface area contributed by atoms with Crippen LogP contribution in [0.15, 0.2) is 85.5 Å². The summed E-state index contributed by atoms with van der Waals surface area (Å²) in [6, 6.07) is 8.59. The number of hydrogen-bond donors (Lipinski definition) is 1. The predicted octanol–water partition coefficient (Wildman–Crippen LogP) is 4.17. The Hall–Kier alpha value is -4.01. The molecule has 2 aromatic heterocycles. The fourth-order valence-corrected chi connectivity index (χ4v) is 3.60. The highest BCUT2D eigenvalue weighted by Gasteiger charge is 2.20. The number of carbonyl (C=O) groups is 2. The number of pyridine rings is 1. The molecule has 4 rings (SSSR count). The van der Waals surface area contributed by atoms with E-state index in [4.69, 9.17) is 11.6 Å². The van der Waals surface area contributed by atoms with Crippen LogP contribution in [0.1, 0.15) is 10.4 Å². The molecular formula is C25H23ClN6O2. The van der Waals surface area contributed by atoms with Gasteiger partial charge in [0.15, 0.2) is 0 Å². The van der Waals surface area contributed by atoms with Gasteiger partial charge in [-0.3, -0.25) is 29.4 Å². The summed E-state index contributed by atoms with van der Waals surface area (Å²) < 4.78 is 1.73. The van der Waals surface area contributed by atoms with Gasteiger partial charge in [-0.15, -0.1) is 0 Å². The van der Waals surface area contributed by atoms with E-state index in [2.05, 4.69) is 15.3 Å². The maximum atomic E-state index is 12.9. The maximum absolute atomic E-state index is 12.9. The molecule has 1 aliphatic heterocycles. The molecule has 0 saturated carbocycles. The molecule has 0 aliphatic carbocycles. The molecule has 9 heteroatoms. The molecule has 1 N–H and O–H groups in total. The molecule has 1 aromatic carbocycles. The molecule has 3 aromatic rings. The van der Waals surface area contributed by atoms with E-state index in [0.717, 1.165) is 0 Å². The zero-order chi connectivity index (χ0) is 24.1. The van der Waals surface area contributed by atoms with Crippen LogP contribution in [-0.2, 0) is 4.79 Å². The fraction of sp³-hybridized carbons (Fsp3) is 0.120. The predicted molar refractivity (Wildman–Crippen MR) is 134 cm³/mol. The Morgan fingerprint density at radius 1 is 1.15 bits per heavy atom. The van der Waals surface area contributed by atoms with Crippen molar-refractivity contribution in [1.82, 2.24) is 24.3 Å². The summed E-state index contributed by atoms with van der Waals surface area (Å²) >= 11 is 6.54. The van der Waals surface area contributed by atoms with Crippen LogP contribution in [0.2, 0.25) is 5.02 Å². The summed E-state index contributed by atoms with van der Waals surface area (Å²) in [5.74, 6) is -0.276. The van der Waals surface area contributed by atoms with Crippen molar-refractivity contribution in [3.05, 3.63) is 96.1 Å². The van der Waals surface area contributed by atoms with Gasteiger partial charge in [0, 0.05) is 43.0 Å². The number of amides is 2. The van der Waals surface area contributed by atoms with Gasteiger partial charge >= 0.3 is 0 Å². The topological polar surface area (TPSA) is 83.4 Å². The molecule has 8 nitrogen and oxygen atoms in total. The maximum Gasteiger partial charge on any atom is 0.258 e. The number of aromatic nitrogens is 3. The number of allylic oxidation sites excluding steroid dienone is 4. The third-order valence-corrected chi connectivity index (χ3v) is 5.24. The van der Waals surface area contributed by atoms with Gasteiger partial charge in [-0.1, -0.05) is 29.8 Å². The monoisotopic (exact) mass is 474 g/mol. The lowest BCUT2D eigenvalue weighted by atomic mass is 10.2. The van der Waals surface area contributed by atoms with Gasteiger partial charge in [0.05, 0.1) is 21.8 Å². The quantitative estimate of drug-likeness (QED) is 0.542. The highest BCUT2D eigenvalue weighted by atomic mass is 35.5. The number of anilines is 1. The summed E-state index contributed by atoms with van der Waals surface area (Å²) in [6.45, 7) is 0.644. The van der Waals surface area contributed by atoms with Crippen LogP contribution in [-0.4, -0.2) is 56.8 Å². The lowest BCUT2D eigenvalue weighted by molar-refractivity contribution is -0.121. The average molecular weight is 475 g/mol. The number of nitrogens with one attached hydrogen (secondary N) is 1. The fourth-order valence-electron chi connectivity index (χ4n) is 3.34. The Kier molecular flexibility index (Phi) is 7.01. The van der Waals surface area contributed by atoms with E-state index < -0.39 is 0 Å². The standard InChI is InChI=1S/C25H23ClN6O2/c1-30(2)15-6-10-22(33)31-16-4-3-7-19(17-31)32-23-20(26)8-5-9-21(23)28-25(32)29-24(34)18-11-13-27-14-12-18/h3-14,16-17H,15H2,1-2H3,(H,28,29,34). The summed E-state index contributed by atoms with van der Waals surface area (Å²) in [7, 11) is 3.86. The Labute approximate surface area is 202 Å². The first kappa shape index (κ1) is 23.2. The first-order chi connectivity index (χ1) is 16.4. The number of hydrogen-bond acceptors (Lipinski definition) is 5. The second-order valence-corrected chi connectivity index (χ2v) is 8.14. The Balaban J connectivity index is 1.76. The van der Waals surface area contributed by atoms with Crippen molar-refractivity contribution in [2.24, 2.45) is 0 Å². The molecule has 2 amide bonds. The SMILES string of the molecule is CN(C)CC=CC(=O)N1C=CC=CC(n2c(NC(=O)c3ccncc3)nc3cccc(Cl)c32)=C1. The van der Waals surface area contributed by atoms with Gasteiger partial charge in [-0.2, -0.15) is 0 Å². The van der Waals surface area contributed by atoms with Crippen molar-refractivity contribution in [2.45, 2.75) is 0 Å². The number of rotatable bonds is 6. The number of nitrogens with zero attached hydrogens (tertiary/aromatic N) is 5. The number of halogens is 1. The van der Waals surface area contributed by atoms with E-state index in [9.17, 15) is 9.59 Å². The molecule has 34 heavy (non-hydrogen) atoms. The Morgan fingerprint density at radius 2 is 1.94 bits per heavy atom. The summed E-state index contributed by atoms with van der Waals surface area (Å²) in [5.41, 5.74) is 2.25. The zero-order valence-electron chi connectivity index (χ0n) is 18.7. The van der Waals surface area contributed by atoms with Gasteiger partial charge in [-0.05, 0) is 50.5 Å². The molecule has 172 valence electrons. The molecular weight excluding hydrogens is 452 g/mol. The number of carbonyl (C=O) groups excluding carboxylic acids is 2. The highest BCUT2D eigenvalue weighted by molar-refractivity contribution is 6.35. The van der Waals surface area contributed by atoms with Gasteiger partial charge < -0.3 is 4.90 Å². The number of benzene rings is 1. The van der Waals surface area contributed by atoms with Crippen LogP contribution in [0.25, 0.3) is 16.7 Å². The van der Waals surface area contributed by atoms with Crippen LogP contribution in [0.4, 0.5) is 5.95 Å². The summed E-state index contributed by atoms with van der Waals surface area (Å²) in [4.78, 5) is 37.6. The molecule has 0 fully saturated rings.